The summed E-state index contributed by atoms with van der Waals surface area (Å²) >= 11 is 1.30. The van der Waals surface area contributed by atoms with Crippen molar-refractivity contribution in [3.63, 3.8) is 0 Å². The maximum absolute atomic E-state index is 12.1. The van der Waals surface area contributed by atoms with Gasteiger partial charge in [0, 0.05) is 11.9 Å². The maximum atomic E-state index is 12.1. The van der Waals surface area contributed by atoms with Crippen LogP contribution in [0.3, 0.4) is 0 Å². The Balaban J connectivity index is 2.07. The Kier molecular flexibility index (Phi) is 4.55. The van der Waals surface area contributed by atoms with E-state index in [-0.39, 0.29) is 6.54 Å². The SMILES string of the molecule is CC(C)(C)OC(=O)N1CCCC(O)(C(N)c2ccsn2)C1. The number of aromatic nitrogens is 1. The van der Waals surface area contributed by atoms with Crippen LogP contribution in [-0.4, -0.2) is 44.8 Å². The third kappa shape index (κ3) is 3.93. The van der Waals surface area contributed by atoms with Crippen LogP contribution in [0, 0.1) is 0 Å². The summed E-state index contributed by atoms with van der Waals surface area (Å²) in [6.07, 6.45) is 0.824. The number of carbonyl (C=O) groups excluding carboxylic acids is 1. The van der Waals surface area contributed by atoms with E-state index in [2.05, 4.69) is 4.37 Å². The van der Waals surface area contributed by atoms with Crippen molar-refractivity contribution in [2.75, 3.05) is 13.1 Å². The first-order chi connectivity index (χ1) is 9.71. The number of piperidine rings is 1. The standard InChI is InChI=1S/C14H23N3O3S/c1-13(2,3)20-12(18)17-7-4-6-14(19,9-17)11(15)10-5-8-21-16-10/h5,8,11,19H,4,6-7,9,15H2,1-3H3. The van der Waals surface area contributed by atoms with E-state index >= 15 is 0 Å². The van der Waals surface area contributed by atoms with Gasteiger partial charge in [0.15, 0.2) is 0 Å². The van der Waals surface area contributed by atoms with E-state index in [9.17, 15) is 9.90 Å². The number of nitrogens with zero attached hydrogens (tertiary/aromatic N) is 2. The lowest BCUT2D eigenvalue weighted by molar-refractivity contribution is -0.0581. The highest BCUT2D eigenvalue weighted by atomic mass is 32.1. The van der Waals surface area contributed by atoms with Crippen LogP contribution >= 0.6 is 11.5 Å². The van der Waals surface area contributed by atoms with Crippen molar-refractivity contribution in [1.29, 1.82) is 0 Å². The lowest BCUT2D eigenvalue weighted by Crippen LogP contribution is -2.56. The summed E-state index contributed by atoms with van der Waals surface area (Å²) < 4.78 is 9.55. The minimum absolute atomic E-state index is 0.167. The number of carbonyl (C=O) groups is 1. The molecule has 1 fully saturated rings. The number of β-amino-alcohol motifs (C(OH)–C–C–N with tert-alkyl or cyclic N) is 1. The van der Waals surface area contributed by atoms with Crippen molar-refractivity contribution < 1.29 is 14.6 Å². The first-order valence-corrected chi connectivity index (χ1v) is 7.91. The minimum atomic E-state index is -1.16. The average Bonchev–Trinajstić information content (AvgIpc) is 2.89. The molecule has 1 aliphatic heterocycles. The zero-order valence-electron chi connectivity index (χ0n) is 12.7. The highest BCUT2D eigenvalue weighted by Crippen LogP contribution is 2.32. The van der Waals surface area contributed by atoms with Gasteiger partial charge in [-0.3, -0.25) is 0 Å². The van der Waals surface area contributed by atoms with E-state index in [0.717, 1.165) is 0 Å². The molecule has 2 rings (SSSR count). The fraction of sp³-hybridized carbons (Fsp3) is 0.714. The van der Waals surface area contributed by atoms with Gasteiger partial charge in [0.1, 0.15) is 11.2 Å². The third-order valence-electron chi connectivity index (χ3n) is 3.51. The molecule has 1 saturated heterocycles. The van der Waals surface area contributed by atoms with Gasteiger partial charge >= 0.3 is 6.09 Å². The molecule has 1 aromatic heterocycles. The number of ether oxygens (including phenoxy) is 1. The van der Waals surface area contributed by atoms with Gasteiger partial charge in [0.2, 0.25) is 0 Å². The van der Waals surface area contributed by atoms with Crippen LogP contribution < -0.4 is 5.73 Å². The summed E-state index contributed by atoms with van der Waals surface area (Å²) in [5.41, 5.74) is 5.10. The smallest absolute Gasteiger partial charge is 0.410 e. The number of hydrogen-bond donors (Lipinski definition) is 2. The number of amides is 1. The van der Waals surface area contributed by atoms with Crippen LogP contribution in [-0.2, 0) is 4.74 Å². The molecule has 2 atom stereocenters. The Morgan fingerprint density at radius 1 is 1.62 bits per heavy atom. The Hall–Kier alpha value is -1.18. The van der Waals surface area contributed by atoms with Crippen molar-refractivity contribution in [2.45, 2.75) is 50.9 Å². The van der Waals surface area contributed by atoms with Crippen LogP contribution in [0.4, 0.5) is 4.79 Å². The minimum Gasteiger partial charge on any atom is -0.444 e. The number of aliphatic hydroxyl groups is 1. The summed E-state index contributed by atoms with van der Waals surface area (Å²) in [5, 5.41) is 12.6. The fourth-order valence-corrected chi connectivity index (χ4v) is 3.02. The highest BCUT2D eigenvalue weighted by Gasteiger charge is 2.42. The first kappa shape index (κ1) is 16.2. The molecule has 2 heterocycles. The largest absolute Gasteiger partial charge is 0.444 e. The van der Waals surface area contributed by atoms with Crippen LogP contribution in [0.25, 0.3) is 0 Å². The summed E-state index contributed by atoms with van der Waals surface area (Å²) in [5.74, 6) is 0. The van der Waals surface area contributed by atoms with E-state index < -0.39 is 23.3 Å². The molecule has 1 aliphatic rings. The van der Waals surface area contributed by atoms with Crippen molar-refractivity contribution in [1.82, 2.24) is 9.27 Å². The third-order valence-corrected chi connectivity index (χ3v) is 4.08. The Labute approximate surface area is 129 Å². The lowest BCUT2D eigenvalue weighted by atomic mass is 9.84. The van der Waals surface area contributed by atoms with Gasteiger partial charge in [-0.2, -0.15) is 4.37 Å². The molecule has 0 spiro atoms. The first-order valence-electron chi connectivity index (χ1n) is 7.07. The molecular weight excluding hydrogens is 290 g/mol. The molecule has 0 bridgehead atoms. The summed E-state index contributed by atoms with van der Waals surface area (Å²) in [6, 6.07) is 1.20. The molecule has 21 heavy (non-hydrogen) atoms. The van der Waals surface area contributed by atoms with Gasteiger partial charge in [-0.25, -0.2) is 4.79 Å². The molecule has 0 radical (unpaired) electrons. The fourth-order valence-electron chi connectivity index (χ4n) is 2.46. The second kappa shape index (κ2) is 5.90. The van der Waals surface area contributed by atoms with E-state index in [1.165, 1.54) is 16.4 Å². The second-order valence-corrected chi connectivity index (χ2v) is 7.18. The van der Waals surface area contributed by atoms with Gasteiger partial charge in [-0.05, 0) is 51.2 Å². The maximum Gasteiger partial charge on any atom is 0.410 e. The molecule has 2 unspecified atom stereocenters. The molecule has 7 heteroatoms. The molecule has 118 valence electrons. The number of nitrogens with two attached hydrogens (primary N) is 1. The zero-order chi connectivity index (χ0) is 15.7. The zero-order valence-corrected chi connectivity index (χ0v) is 13.5. The van der Waals surface area contributed by atoms with Crippen molar-refractivity contribution in [2.24, 2.45) is 5.73 Å². The summed E-state index contributed by atoms with van der Waals surface area (Å²) in [7, 11) is 0. The van der Waals surface area contributed by atoms with Crippen molar-refractivity contribution in [3.8, 4) is 0 Å². The average molecular weight is 313 g/mol. The Morgan fingerprint density at radius 2 is 2.33 bits per heavy atom. The van der Waals surface area contributed by atoms with E-state index in [1.807, 2.05) is 26.2 Å². The van der Waals surface area contributed by atoms with Gasteiger partial charge in [-0.15, -0.1) is 0 Å². The summed E-state index contributed by atoms with van der Waals surface area (Å²) in [4.78, 5) is 13.7. The van der Waals surface area contributed by atoms with E-state index in [1.54, 1.807) is 6.07 Å². The number of likely N-dealkylation sites (tertiary alicyclic amines) is 1. The molecule has 1 aromatic rings. The second-order valence-electron chi connectivity index (χ2n) is 6.51. The molecule has 0 aliphatic carbocycles. The van der Waals surface area contributed by atoms with Crippen molar-refractivity contribution >= 4 is 17.6 Å². The van der Waals surface area contributed by atoms with Gasteiger partial charge in [-0.1, -0.05) is 0 Å². The molecule has 0 aromatic carbocycles. The molecule has 0 saturated carbocycles. The predicted octanol–water partition coefficient (Wildman–Crippen LogP) is 1.90. The van der Waals surface area contributed by atoms with Gasteiger partial charge in [0.25, 0.3) is 0 Å². The topological polar surface area (TPSA) is 88.7 Å². The number of rotatable bonds is 2. The van der Waals surface area contributed by atoms with Gasteiger partial charge in [0.05, 0.1) is 18.3 Å². The molecule has 3 N–H and O–H groups in total. The normalized spacial score (nSPS) is 24.7. The Bertz CT molecular complexity index is 486. The predicted molar refractivity (Wildman–Crippen MR) is 81.0 cm³/mol. The van der Waals surface area contributed by atoms with E-state index in [4.69, 9.17) is 10.5 Å². The Morgan fingerprint density at radius 3 is 2.90 bits per heavy atom. The van der Waals surface area contributed by atoms with Crippen LogP contribution in [0.1, 0.15) is 45.3 Å². The van der Waals surface area contributed by atoms with Crippen LogP contribution in [0.5, 0.6) is 0 Å². The summed E-state index contributed by atoms with van der Waals surface area (Å²) in [6.45, 7) is 6.20. The van der Waals surface area contributed by atoms with Gasteiger partial charge < -0.3 is 20.5 Å². The van der Waals surface area contributed by atoms with Crippen LogP contribution in [0.15, 0.2) is 11.4 Å². The number of hydrogen-bond acceptors (Lipinski definition) is 6. The molecule has 1 amide bonds. The van der Waals surface area contributed by atoms with E-state index in [0.29, 0.717) is 25.1 Å². The quantitative estimate of drug-likeness (QED) is 0.870. The lowest BCUT2D eigenvalue weighted by Gasteiger charge is -2.42. The molecular formula is C14H23N3O3S. The monoisotopic (exact) mass is 313 g/mol. The highest BCUT2D eigenvalue weighted by molar-refractivity contribution is 7.03. The molecule has 6 nitrogen and oxygen atoms in total. The van der Waals surface area contributed by atoms with Crippen LogP contribution in [0.2, 0.25) is 0 Å². The van der Waals surface area contributed by atoms with Crippen molar-refractivity contribution in [3.05, 3.63) is 17.1 Å².